The maximum atomic E-state index is 11.5. The van der Waals surface area contributed by atoms with Crippen LogP contribution in [0, 0.1) is 0 Å². The summed E-state index contributed by atoms with van der Waals surface area (Å²) in [6, 6.07) is 10.1. The molecule has 0 saturated heterocycles. The molecular weight excluding hydrogens is 365 g/mol. The van der Waals surface area contributed by atoms with Crippen LogP contribution in [0.25, 0.3) is 0 Å². The van der Waals surface area contributed by atoms with Gasteiger partial charge in [-0.25, -0.2) is 0 Å². The minimum Gasteiger partial charge on any atom is -0.490 e. The summed E-state index contributed by atoms with van der Waals surface area (Å²) in [6.45, 7) is 2.07. The molecule has 2 aromatic rings. The van der Waals surface area contributed by atoms with Gasteiger partial charge in [0.2, 0.25) is 5.91 Å². The minimum atomic E-state index is -0.652. The maximum absolute atomic E-state index is 11.5. The summed E-state index contributed by atoms with van der Waals surface area (Å²) >= 11 is 12.0. The number of ether oxygens (including phenoxy) is 1. The topological polar surface area (TPSA) is 93.4 Å². The summed E-state index contributed by atoms with van der Waals surface area (Å²) in [5.41, 5.74) is 6.54. The van der Waals surface area contributed by atoms with Gasteiger partial charge in [0.25, 0.3) is 5.91 Å². The second-order valence-corrected chi connectivity index (χ2v) is 5.97. The molecule has 0 heterocycles. The second-order valence-electron chi connectivity index (χ2n) is 5.13. The van der Waals surface area contributed by atoms with Crippen LogP contribution in [-0.2, 0) is 4.79 Å². The highest BCUT2D eigenvalue weighted by molar-refractivity contribution is 6.37. The number of primary amides is 1. The van der Waals surface area contributed by atoms with Gasteiger partial charge in [0.05, 0.1) is 22.0 Å². The molecule has 8 heteroatoms. The van der Waals surface area contributed by atoms with Crippen molar-refractivity contribution >= 4 is 46.4 Å². The highest BCUT2D eigenvalue weighted by Crippen LogP contribution is 2.29. The van der Waals surface area contributed by atoms with Crippen molar-refractivity contribution in [3.63, 3.8) is 0 Å². The number of carbonyl (C=O) groups excluding carboxylic acids is 2. The predicted octanol–water partition coefficient (Wildman–Crippen LogP) is 3.54. The maximum Gasteiger partial charge on any atom is 0.252 e. The van der Waals surface area contributed by atoms with Crippen molar-refractivity contribution in [1.82, 2.24) is 0 Å². The molecule has 0 aromatic heterocycles. The Labute approximate surface area is 155 Å². The van der Waals surface area contributed by atoms with Gasteiger partial charge in [0, 0.05) is 18.5 Å². The van der Waals surface area contributed by atoms with Crippen molar-refractivity contribution in [3.05, 3.63) is 52.0 Å². The molecule has 0 aliphatic rings. The monoisotopic (exact) mass is 381 g/mol. The average molecular weight is 382 g/mol. The molecule has 2 aromatic carbocycles. The van der Waals surface area contributed by atoms with E-state index >= 15 is 0 Å². The molecule has 2 amide bonds. The van der Waals surface area contributed by atoms with E-state index in [0.717, 1.165) is 0 Å². The van der Waals surface area contributed by atoms with Gasteiger partial charge >= 0.3 is 0 Å². The molecule has 0 aliphatic carbocycles. The molecule has 0 aliphatic heterocycles. The number of carbonyl (C=O) groups is 2. The number of hydrogen-bond acceptors (Lipinski definition) is 4. The zero-order valence-corrected chi connectivity index (χ0v) is 14.9. The number of benzene rings is 2. The van der Waals surface area contributed by atoms with Gasteiger partial charge in [-0.15, -0.1) is 0 Å². The van der Waals surface area contributed by atoms with Crippen LogP contribution in [0.15, 0.2) is 36.4 Å². The van der Waals surface area contributed by atoms with E-state index in [4.69, 9.17) is 33.7 Å². The van der Waals surface area contributed by atoms with Gasteiger partial charge in [0.1, 0.15) is 12.4 Å². The number of anilines is 2. The van der Waals surface area contributed by atoms with Crippen molar-refractivity contribution < 1.29 is 14.3 Å². The molecule has 0 radical (unpaired) electrons. The summed E-state index contributed by atoms with van der Waals surface area (Å²) in [7, 11) is 0. The van der Waals surface area contributed by atoms with Crippen LogP contribution < -0.4 is 21.1 Å². The summed E-state index contributed by atoms with van der Waals surface area (Å²) < 4.78 is 5.66. The molecule has 2 rings (SSSR count). The lowest BCUT2D eigenvalue weighted by molar-refractivity contribution is -0.114. The lowest BCUT2D eigenvalue weighted by Crippen LogP contribution is -2.18. The van der Waals surface area contributed by atoms with Gasteiger partial charge < -0.3 is 21.1 Å². The van der Waals surface area contributed by atoms with Gasteiger partial charge in [-0.3, -0.25) is 9.59 Å². The first-order valence-corrected chi connectivity index (χ1v) is 8.16. The van der Waals surface area contributed by atoms with Crippen LogP contribution in [-0.4, -0.2) is 25.0 Å². The molecule has 0 saturated carbocycles. The van der Waals surface area contributed by atoms with E-state index in [1.807, 2.05) is 0 Å². The summed E-state index contributed by atoms with van der Waals surface area (Å²) in [5, 5.41) is 6.28. The van der Waals surface area contributed by atoms with E-state index in [9.17, 15) is 9.59 Å². The van der Waals surface area contributed by atoms with Crippen LogP contribution in [0.4, 0.5) is 11.4 Å². The Kier molecular flexibility index (Phi) is 6.50. The zero-order chi connectivity index (χ0) is 18.4. The number of amides is 2. The summed E-state index contributed by atoms with van der Waals surface area (Å²) in [6.07, 6.45) is 0. The molecule has 6 nitrogen and oxygen atoms in total. The summed E-state index contributed by atoms with van der Waals surface area (Å²) in [4.78, 5) is 22.7. The van der Waals surface area contributed by atoms with Crippen molar-refractivity contribution in [1.29, 1.82) is 0 Å². The Hall–Kier alpha value is -2.44. The molecular formula is C17H17Cl2N3O3. The Morgan fingerprint density at radius 2 is 1.88 bits per heavy atom. The first-order chi connectivity index (χ1) is 11.9. The largest absolute Gasteiger partial charge is 0.490 e. The van der Waals surface area contributed by atoms with Crippen molar-refractivity contribution in [2.75, 3.05) is 23.8 Å². The third kappa shape index (κ3) is 5.27. The third-order valence-corrected chi connectivity index (χ3v) is 3.69. The van der Waals surface area contributed by atoms with Gasteiger partial charge in [-0.1, -0.05) is 35.3 Å². The first-order valence-electron chi connectivity index (χ1n) is 7.40. The van der Waals surface area contributed by atoms with Crippen LogP contribution >= 0.6 is 23.2 Å². The quantitative estimate of drug-likeness (QED) is 0.639. The third-order valence-electron chi connectivity index (χ3n) is 3.17. The molecule has 0 unspecified atom stereocenters. The minimum absolute atomic E-state index is 0.171. The van der Waals surface area contributed by atoms with Crippen LogP contribution in [0.5, 0.6) is 5.75 Å². The molecule has 4 N–H and O–H groups in total. The Morgan fingerprint density at radius 1 is 1.16 bits per heavy atom. The van der Waals surface area contributed by atoms with Crippen molar-refractivity contribution in [2.24, 2.45) is 5.73 Å². The fraction of sp³-hybridized carbons (Fsp3) is 0.176. The smallest absolute Gasteiger partial charge is 0.252 e. The predicted molar refractivity (Wildman–Crippen MR) is 99.7 cm³/mol. The Bertz CT molecular complexity index is 797. The lowest BCUT2D eigenvalue weighted by Gasteiger charge is -2.14. The Balaban J connectivity index is 2.01. The second kappa shape index (κ2) is 8.60. The number of rotatable bonds is 7. The van der Waals surface area contributed by atoms with Crippen LogP contribution in [0.1, 0.15) is 17.3 Å². The van der Waals surface area contributed by atoms with E-state index < -0.39 is 5.91 Å². The molecule has 0 bridgehead atoms. The van der Waals surface area contributed by atoms with Gasteiger partial charge in [0.15, 0.2) is 0 Å². The van der Waals surface area contributed by atoms with Crippen LogP contribution in [0.3, 0.4) is 0 Å². The normalized spacial score (nSPS) is 10.2. The molecule has 0 fully saturated rings. The first kappa shape index (κ1) is 18.9. The van der Waals surface area contributed by atoms with Crippen LogP contribution in [0.2, 0.25) is 10.0 Å². The number of nitrogens with one attached hydrogen (secondary N) is 2. The number of nitrogens with two attached hydrogens (primary N) is 1. The van der Waals surface area contributed by atoms with E-state index in [0.29, 0.717) is 28.7 Å². The highest BCUT2D eigenvalue weighted by Gasteiger charge is 2.14. The molecule has 25 heavy (non-hydrogen) atoms. The lowest BCUT2D eigenvalue weighted by atomic mass is 10.1. The molecule has 0 spiro atoms. The summed E-state index contributed by atoms with van der Waals surface area (Å²) in [5.74, 6) is -0.298. The van der Waals surface area contributed by atoms with Gasteiger partial charge in [-0.05, 0) is 24.3 Å². The molecule has 132 valence electrons. The standard InChI is InChI=1S/C17H17Cl2N3O3/c1-10(23)22-13-4-2-3-5-15(13)25-7-6-21-14-9-11(18)8-12(19)16(14)17(20)24/h2-5,8-9,21H,6-7H2,1H3,(H2,20,24)(H,22,23). The van der Waals surface area contributed by atoms with E-state index in [-0.39, 0.29) is 23.1 Å². The van der Waals surface area contributed by atoms with E-state index in [1.165, 1.54) is 13.0 Å². The van der Waals surface area contributed by atoms with Gasteiger partial charge in [-0.2, -0.15) is 0 Å². The highest BCUT2D eigenvalue weighted by atomic mass is 35.5. The van der Waals surface area contributed by atoms with Crippen molar-refractivity contribution in [2.45, 2.75) is 6.92 Å². The Morgan fingerprint density at radius 3 is 2.56 bits per heavy atom. The van der Waals surface area contributed by atoms with E-state index in [1.54, 1.807) is 30.3 Å². The molecule has 0 atom stereocenters. The fourth-order valence-corrected chi connectivity index (χ4v) is 2.78. The van der Waals surface area contributed by atoms with Crippen molar-refractivity contribution in [3.8, 4) is 5.75 Å². The SMILES string of the molecule is CC(=O)Nc1ccccc1OCCNc1cc(Cl)cc(Cl)c1C(N)=O. The number of hydrogen-bond donors (Lipinski definition) is 3. The number of para-hydroxylation sites is 2. The van der Waals surface area contributed by atoms with E-state index in [2.05, 4.69) is 10.6 Å². The zero-order valence-electron chi connectivity index (χ0n) is 13.4. The number of halogens is 2. The average Bonchev–Trinajstić information content (AvgIpc) is 2.51. The fourth-order valence-electron chi connectivity index (χ4n) is 2.20.